The molecule has 3 saturated carbocycles. The number of rotatable bonds is 8. The van der Waals surface area contributed by atoms with E-state index in [1.165, 1.54) is 24.8 Å². The molecule has 0 bridgehead atoms. The number of carboxylic acids is 1. The summed E-state index contributed by atoms with van der Waals surface area (Å²) in [5.74, 6) is 1.01. The van der Waals surface area contributed by atoms with E-state index < -0.39 is 17.9 Å². The topological polar surface area (TPSA) is 105 Å². The Kier molecular flexibility index (Phi) is 7.71. The van der Waals surface area contributed by atoms with Gasteiger partial charge in [-0.15, -0.1) is 0 Å². The number of nitrogens with one attached hydrogen (secondary N) is 1. The molecule has 39 heavy (non-hydrogen) atoms. The first-order valence-electron chi connectivity index (χ1n) is 14.6. The van der Waals surface area contributed by atoms with Gasteiger partial charge in [0.15, 0.2) is 6.61 Å². The summed E-state index contributed by atoms with van der Waals surface area (Å²) in [7, 11) is 0. The number of hydrogen-bond donors (Lipinski definition) is 2. The Balaban J connectivity index is 1.19. The van der Waals surface area contributed by atoms with Crippen molar-refractivity contribution in [3.8, 4) is 0 Å². The van der Waals surface area contributed by atoms with Crippen molar-refractivity contribution in [2.45, 2.75) is 84.6 Å². The summed E-state index contributed by atoms with van der Waals surface area (Å²) >= 11 is 0. The van der Waals surface area contributed by atoms with Crippen LogP contribution in [0.3, 0.4) is 0 Å². The molecule has 7 heteroatoms. The molecule has 0 radical (unpaired) electrons. The fourth-order valence-corrected chi connectivity index (χ4v) is 8.77. The zero-order valence-electron chi connectivity index (χ0n) is 23.4. The Labute approximate surface area is 231 Å². The van der Waals surface area contributed by atoms with Gasteiger partial charge in [-0.3, -0.25) is 9.59 Å². The van der Waals surface area contributed by atoms with Gasteiger partial charge in [0.1, 0.15) is 11.8 Å². The first-order valence-corrected chi connectivity index (χ1v) is 14.6. The Morgan fingerprint density at radius 1 is 1.05 bits per heavy atom. The molecule has 1 amide bonds. The Morgan fingerprint density at radius 2 is 1.82 bits per heavy atom. The van der Waals surface area contributed by atoms with Gasteiger partial charge in [-0.2, -0.15) is 0 Å². The Bertz CT molecular complexity index is 1180. The van der Waals surface area contributed by atoms with Crippen LogP contribution >= 0.6 is 0 Å². The van der Waals surface area contributed by atoms with Gasteiger partial charge >= 0.3 is 5.97 Å². The third kappa shape index (κ3) is 5.29. The van der Waals surface area contributed by atoms with Crippen LogP contribution < -0.4 is 5.32 Å². The summed E-state index contributed by atoms with van der Waals surface area (Å²) in [6.45, 7) is 6.29. The van der Waals surface area contributed by atoms with E-state index in [0.717, 1.165) is 43.4 Å². The minimum absolute atomic E-state index is 0.154. The summed E-state index contributed by atoms with van der Waals surface area (Å²) in [5, 5.41) is 16.3. The van der Waals surface area contributed by atoms with E-state index in [4.69, 9.17) is 4.84 Å². The van der Waals surface area contributed by atoms with Crippen LogP contribution in [0.5, 0.6) is 0 Å². The normalized spacial score (nSPS) is 35.2. The zero-order valence-corrected chi connectivity index (χ0v) is 23.4. The van der Waals surface area contributed by atoms with Gasteiger partial charge in [0.2, 0.25) is 0 Å². The number of carbonyl (C=O) groups is 3. The van der Waals surface area contributed by atoms with E-state index in [-0.39, 0.29) is 29.8 Å². The van der Waals surface area contributed by atoms with E-state index in [0.29, 0.717) is 23.5 Å². The van der Waals surface area contributed by atoms with E-state index in [1.54, 1.807) is 6.92 Å². The molecule has 3 fully saturated rings. The highest BCUT2D eigenvalue weighted by Gasteiger charge is 2.59. The number of benzene rings is 1. The third-order valence-electron chi connectivity index (χ3n) is 10.8. The molecule has 1 aromatic carbocycles. The van der Waals surface area contributed by atoms with Crippen molar-refractivity contribution >= 4 is 23.4 Å². The monoisotopic (exact) mass is 534 g/mol. The van der Waals surface area contributed by atoms with Crippen LogP contribution in [-0.4, -0.2) is 41.1 Å². The second-order valence-electron chi connectivity index (χ2n) is 12.8. The molecule has 1 aromatic rings. The molecule has 0 heterocycles. The van der Waals surface area contributed by atoms with Crippen molar-refractivity contribution in [2.75, 3.05) is 6.61 Å². The van der Waals surface area contributed by atoms with Crippen molar-refractivity contribution in [3.63, 3.8) is 0 Å². The summed E-state index contributed by atoms with van der Waals surface area (Å²) in [6.07, 6.45) is 11.0. The number of oxime groups is 1. The van der Waals surface area contributed by atoms with Gasteiger partial charge in [0, 0.05) is 12.3 Å². The molecule has 0 aliphatic heterocycles. The largest absolute Gasteiger partial charge is 0.480 e. The molecule has 7 atom stereocenters. The van der Waals surface area contributed by atoms with Crippen LogP contribution in [0.25, 0.3) is 0 Å². The minimum Gasteiger partial charge on any atom is -0.480 e. The highest BCUT2D eigenvalue weighted by molar-refractivity contribution is 5.96. The van der Waals surface area contributed by atoms with Gasteiger partial charge in [-0.25, -0.2) is 4.79 Å². The first kappa shape index (κ1) is 27.6. The maximum absolute atomic E-state index is 12.4. The van der Waals surface area contributed by atoms with Crippen molar-refractivity contribution in [2.24, 2.45) is 39.7 Å². The number of aliphatic carboxylic acids is 1. The summed E-state index contributed by atoms with van der Waals surface area (Å²) in [6, 6.07) is 8.21. The first-order chi connectivity index (χ1) is 18.6. The predicted octanol–water partition coefficient (Wildman–Crippen LogP) is 5.34. The smallest absolute Gasteiger partial charge is 0.326 e. The van der Waals surface area contributed by atoms with Crippen LogP contribution in [0.4, 0.5) is 0 Å². The number of hydrogen-bond acceptors (Lipinski definition) is 5. The number of fused-ring (bicyclic) bond motifs is 5. The second kappa shape index (κ2) is 10.9. The number of amides is 1. The fraction of sp³-hybridized carbons (Fsp3) is 0.625. The van der Waals surface area contributed by atoms with Crippen molar-refractivity contribution in [1.82, 2.24) is 5.32 Å². The molecule has 2 N–H and O–H groups in total. The van der Waals surface area contributed by atoms with Crippen LogP contribution in [0.15, 0.2) is 47.1 Å². The summed E-state index contributed by atoms with van der Waals surface area (Å²) in [4.78, 5) is 41.8. The predicted molar refractivity (Wildman–Crippen MR) is 149 cm³/mol. The number of ketones is 1. The molecule has 0 saturated heterocycles. The number of carboxylic acid groups (broad SMARTS) is 1. The van der Waals surface area contributed by atoms with Gasteiger partial charge in [0.05, 0.1) is 5.71 Å². The highest BCUT2D eigenvalue weighted by atomic mass is 16.6. The van der Waals surface area contributed by atoms with E-state index in [9.17, 15) is 19.5 Å². The lowest BCUT2D eigenvalue weighted by atomic mass is 9.46. The fourth-order valence-electron chi connectivity index (χ4n) is 8.77. The number of Topliss-reactive ketones (excluding diaryl/α,β-unsaturated/α-hetero) is 1. The summed E-state index contributed by atoms with van der Waals surface area (Å²) in [5.41, 5.74) is 3.46. The van der Waals surface area contributed by atoms with E-state index in [1.807, 2.05) is 30.3 Å². The van der Waals surface area contributed by atoms with Crippen molar-refractivity contribution in [3.05, 3.63) is 47.5 Å². The molecule has 0 spiro atoms. The average molecular weight is 535 g/mol. The van der Waals surface area contributed by atoms with Gasteiger partial charge in [-0.1, -0.05) is 54.9 Å². The molecule has 210 valence electrons. The van der Waals surface area contributed by atoms with Gasteiger partial charge < -0.3 is 15.3 Å². The van der Waals surface area contributed by atoms with E-state index >= 15 is 0 Å². The highest BCUT2D eigenvalue weighted by Crippen LogP contribution is 2.66. The van der Waals surface area contributed by atoms with E-state index in [2.05, 4.69) is 30.4 Å². The van der Waals surface area contributed by atoms with Crippen LogP contribution in [0.1, 0.15) is 77.7 Å². The van der Waals surface area contributed by atoms with Crippen LogP contribution in [0.2, 0.25) is 0 Å². The molecule has 5 rings (SSSR count). The molecular formula is C32H42N2O5. The Hall–Kier alpha value is -2.96. The van der Waals surface area contributed by atoms with Gasteiger partial charge in [-0.05, 0) is 98.5 Å². The molecular weight excluding hydrogens is 492 g/mol. The number of carbonyl (C=O) groups excluding carboxylic acids is 2. The number of nitrogens with zero attached hydrogens (tertiary/aromatic N) is 1. The standard InChI is InChI=1S/C32H42N2O5/c1-20(35)25-11-12-26-24-10-9-22-18-23(13-15-31(22,2)27(24)14-16-32(25,26)3)34-39-19-29(36)33-28(30(37)38)17-21-7-5-4-6-8-21/h4-8,18,24-28H,9-17,19H2,1-3H3,(H,33,36)(H,37,38)/t24-,25-,26-,27+,28+,31+,32-/m1/s1. The van der Waals surface area contributed by atoms with Crippen molar-refractivity contribution in [1.29, 1.82) is 0 Å². The summed E-state index contributed by atoms with van der Waals surface area (Å²) < 4.78 is 0. The second-order valence-corrected chi connectivity index (χ2v) is 12.8. The SMILES string of the molecule is CC(=O)[C@H]1CC[C@@H]2[C@H]3CCC4=CC(=NOCC(=O)N[C@@H](Cc5ccccc5)C(=O)O)CC[C@]4(C)[C@H]3CC[C@]12C. The minimum atomic E-state index is -1.08. The van der Waals surface area contributed by atoms with Crippen molar-refractivity contribution < 1.29 is 24.3 Å². The average Bonchev–Trinajstić information content (AvgIpc) is 3.26. The quantitative estimate of drug-likeness (QED) is 0.438. The molecule has 4 aliphatic rings. The lowest BCUT2D eigenvalue weighted by Gasteiger charge is -2.58. The molecule has 7 nitrogen and oxygen atoms in total. The lowest BCUT2D eigenvalue weighted by Crippen LogP contribution is -2.51. The van der Waals surface area contributed by atoms with Gasteiger partial charge in [0.25, 0.3) is 5.91 Å². The maximum Gasteiger partial charge on any atom is 0.326 e. The maximum atomic E-state index is 12.4. The number of allylic oxidation sites excluding steroid dienone is 2. The molecule has 0 aromatic heterocycles. The van der Waals surface area contributed by atoms with Crippen LogP contribution in [-0.2, 0) is 25.6 Å². The zero-order chi connectivity index (χ0) is 27.8. The Morgan fingerprint density at radius 3 is 2.54 bits per heavy atom. The molecule has 0 unspecified atom stereocenters. The lowest BCUT2D eigenvalue weighted by molar-refractivity contribution is -0.142. The third-order valence-corrected chi connectivity index (χ3v) is 10.8. The van der Waals surface area contributed by atoms with Crippen LogP contribution in [0, 0.1) is 34.5 Å². The molecule has 4 aliphatic carbocycles.